The van der Waals surface area contributed by atoms with Gasteiger partial charge in [0.2, 0.25) is 0 Å². The van der Waals surface area contributed by atoms with Crippen LogP contribution in [0.3, 0.4) is 0 Å². The van der Waals surface area contributed by atoms with Crippen LogP contribution in [0.4, 0.5) is 22.7 Å². The van der Waals surface area contributed by atoms with Crippen LogP contribution in [0.25, 0.3) is 32.9 Å². The van der Waals surface area contributed by atoms with Gasteiger partial charge in [-0.15, -0.1) is 0 Å². The number of para-hydroxylation sites is 2. The van der Waals surface area contributed by atoms with Gasteiger partial charge in [0.25, 0.3) is 0 Å². The fourth-order valence-electron chi connectivity index (χ4n) is 7.94. The molecule has 1 aliphatic carbocycles. The summed E-state index contributed by atoms with van der Waals surface area (Å²) >= 11 is 0. The number of fused-ring (bicyclic) bond motifs is 2. The molecule has 1 fully saturated rings. The number of rotatable bonds is 9. The Labute approximate surface area is 305 Å². The van der Waals surface area contributed by atoms with Crippen LogP contribution in [0.5, 0.6) is 0 Å². The first kappa shape index (κ1) is 34.7. The lowest BCUT2D eigenvalue weighted by atomic mass is 9.71. The second kappa shape index (κ2) is 14.1. The van der Waals surface area contributed by atoms with Gasteiger partial charge in [-0.25, -0.2) is 0 Å². The van der Waals surface area contributed by atoms with Gasteiger partial charge in [0.1, 0.15) is 0 Å². The summed E-state index contributed by atoms with van der Waals surface area (Å²) in [7, 11) is 0. The highest BCUT2D eigenvalue weighted by Gasteiger charge is 2.28. The number of hydrogen-bond donors (Lipinski definition) is 2. The van der Waals surface area contributed by atoms with Crippen LogP contribution in [0.15, 0.2) is 97.3 Å². The van der Waals surface area contributed by atoms with Crippen LogP contribution >= 0.6 is 0 Å². The fourth-order valence-corrected chi connectivity index (χ4v) is 7.94. The van der Waals surface area contributed by atoms with Crippen molar-refractivity contribution >= 4 is 44.6 Å². The molecule has 262 valence electrons. The maximum Gasteiger partial charge on any atom is 0.0937 e. The fraction of sp³-hybridized carbons (Fsp3) is 0.362. The van der Waals surface area contributed by atoms with Crippen LogP contribution in [0.2, 0.25) is 0 Å². The standard InChI is InChI=1S/C47H54N4/c1-29(2)36-25-38(30(3)4)44(39(26-36)31(5)6)37-24-35-13-10-16-42(46(35)49-28-37)50-40-18-17-34(32-19-21-47(7,8)22-20-32)27-43(40)51-41-15-9-12-33-14-11-23-48-45(33)41/h9-18,23-32,50-51H,19-22H2,1-8H3. The summed E-state index contributed by atoms with van der Waals surface area (Å²) in [5, 5.41) is 9.88. The molecule has 1 saturated carbocycles. The molecule has 6 aromatic rings. The molecule has 0 spiro atoms. The normalized spacial score (nSPS) is 15.0. The Morgan fingerprint density at radius 2 is 1.22 bits per heavy atom. The third kappa shape index (κ3) is 7.24. The molecule has 0 saturated heterocycles. The first-order chi connectivity index (χ1) is 24.5. The Hall–Kier alpha value is -4.70. The number of benzene rings is 4. The van der Waals surface area contributed by atoms with E-state index in [4.69, 9.17) is 9.97 Å². The molecule has 0 amide bonds. The second-order valence-electron chi connectivity index (χ2n) is 16.5. The van der Waals surface area contributed by atoms with Crippen molar-refractivity contribution in [3.8, 4) is 11.1 Å². The van der Waals surface area contributed by atoms with Gasteiger partial charge in [0, 0.05) is 28.7 Å². The van der Waals surface area contributed by atoms with Gasteiger partial charge >= 0.3 is 0 Å². The maximum absolute atomic E-state index is 5.18. The third-order valence-corrected chi connectivity index (χ3v) is 11.2. The summed E-state index contributed by atoms with van der Waals surface area (Å²) in [5.41, 5.74) is 14.6. The highest BCUT2D eigenvalue weighted by molar-refractivity contribution is 5.97. The molecule has 4 nitrogen and oxygen atoms in total. The molecular formula is C47H54N4. The minimum atomic E-state index is 0.408. The molecule has 0 bridgehead atoms. The molecule has 2 N–H and O–H groups in total. The Morgan fingerprint density at radius 1 is 0.608 bits per heavy atom. The summed E-state index contributed by atoms with van der Waals surface area (Å²) in [6.07, 6.45) is 8.93. The van der Waals surface area contributed by atoms with Crippen LogP contribution < -0.4 is 10.6 Å². The number of nitrogens with one attached hydrogen (secondary N) is 2. The number of hydrogen-bond acceptors (Lipinski definition) is 4. The Balaban J connectivity index is 1.29. The molecule has 51 heavy (non-hydrogen) atoms. The molecule has 0 radical (unpaired) electrons. The van der Waals surface area contributed by atoms with Gasteiger partial charge < -0.3 is 10.6 Å². The molecular weight excluding hydrogens is 621 g/mol. The van der Waals surface area contributed by atoms with Crippen molar-refractivity contribution in [3.05, 3.63) is 120 Å². The zero-order valence-corrected chi connectivity index (χ0v) is 31.8. The highest BCUT2D eigenvalue weighted by atomic mass is 15.0. The zero-order chi connectivity index (χ0) is 35.9. The van der Waals surface area contributed by atoms with E-state index < -0.39 is 0 Å². The van der Waals surface area contributed by atoms with E-state index in [2.05, 4.69) is 151 Å². The SMILES string of the molecule is CC(C)c1cc(C(C)C)c(-c2cnc3c(Nc4ccc(C5CCC(C)(C)CC5)cc4Nc4cccc5cccnc45)cccc3c2)c(C(C)C)c1. The molecule has 4 heteroatoms. The Morgan fingerprint density at radius 3 is 1.86 bits per heavy atom. The van der Waals surface area contributed by atoms with Gasteiger partial charge in [-0.05, 0) is 119 Å². The topological polar surface area (TPSA) is 49.8 Å². The lowest BCUT2D eigenvalue weighted by molar-refractivity contribution is 0.224. The number of anilines is 4. The maximum atomic E-state index is 5.18. The predicted molar refractivity (Wildman–Crippen MR) is 219 cm³/mol. The van der Waals surface area contributed by atoms with Gasteiger partial charge in [-0.1, -0.05) is 104 Å². The summed E-state index contributed by atoms with van der Waals surface area (Å²) in [6.45, 7) is 18.6. The van der Waals surface area contributed by atoms with Crippen LogP contribution in [-0.4, -0.2) is 9.97 Å². The van der Waals surface area contributed by atoms with Crippen molar-refractivity contribution in [2.45, 2.75) is 105 Å². The minimum absolute atomic E-state index is 0.408. The van der Waals surface area contributed by atoms with Crippen LogP contribution in [-0.2, 0) is 0 Å². The van der Waals surface area contributed by atoms with E-state index in [9.17, 15) is 0 Å². The lowest BCUT2D eigenvalue weighted by Crippen LogP contribution is -2.20. The van der Waals surface area contributed by atoms with Gasteiger partial charge in [0.15, 0.2) is 0 Å². The van der Waals surface area contributed by atoms with E-state index in [-0.39, 0.29) is 0 Å². The lowest BCUT2D eigenvalue weighted by Gasteiger charge is -2.34. The molecule has 4 aromatic carbocycles. The van der Waals surface area contributed by atoms with Crippen molar-refractivity contribution in [3.63, 3.8) is 0 Å². The van der Waals surface area contributed by atoms with Gasteiger partial charge in [-0.2, -0.15) is 0 Å². The average molecular weight is 675 g/mol. The monoisotopic (exact) mass is 674 g/mol. The molecule has 1 aliphatic rings. The zero-order valence-electron chi connectivity index (χ0n) is 31.8. The minimum Gasteiger partial charge on any atom is -0.352 e. The first-order valence-electron chi connectivity index (χ1n) is 19.1. The van der Waals surface area contributed by atoms with E-state index in [1.54, 1.807) is 0 Å². The molecule has 0 unspecified atom stereocenters. The van der Waals surface area contributed by atoms with E-state index >= 15 is 0 Å². The molecule has 0 aliphatic heterocycles. The van der Waals surface area contributed by atoms with Crippen LogP contribution in [0, 0.1) is 5.41 Å². The Kier molecular flexibility index (Phi) is 9.63. The number of pyridine rings is 2. The van der Waals surface area contributed by atoms with Crippen LogP contribution in [0.1, 0.15) is 127 Å². The molecule has 0 atom stereocenters. The van der Waals surface area contributed by atoms with Crippen molar-refractivity contribution in [2.75, 3.05) is 10.6 Å². The quantitative estimate of drug-likeness (QED) is 0.160. The van der Waals surface area contributed by atoms with Crippen molar-refractivity contribution in [1.82, 2.24) is 9.97 Å². The van der Waals surface area contributed by atoms with E-state index in [1.165, 1.54) is 59.1 Å². The first-order valence-corrected chi connectivity index (χ1v) is 19.1. The van der Waals surface area contributed by atoms with Gasteiger partial charge in [0.05, 0.1) is 33.8 Å². The average Bonchev–Trinajstić information content (AvgIpc) is 3.11. The Bertz CT molecular complexity index is 2150. The second-order valence-corrected chi connectivity index (χ2v) is 16.5. The van der Waals surface area contributed by atoms with Crippen molar-refractivity contribution in [2.24, 2.45) is 5.41 Å². The summed E-state index contributed by atoms with van der Waals surface area (Å²) in [6, 6.07) is 31.1. The van der Waals surface area contributed by atoms with E-state index in [0.717, 1.165) is 44.6 Å². The number of nitrogens with zero attached hydrogens (tertiary/aromatic N) is 2. The molecule has 7 rings (SSSR count). The highest BCUT2D eigenvalue weighted by Crippen LogP contribution is 2.45. The summed E-state index contributed by atoms with van der Waals surface area (Å²) in [5.74, 6) is 1.87. The summed E-state index contributed by atoms with van der Waals surface area (Å²) < 4.78 is 0. The van der Waals surface area contributed by atoms with Gasteiger partial charge in [-0.3, -0.25) is 9.97 Å². The van der Waals surface area contributed by atoms with E-state index in [1.807, 2.05) is 12.3 Å². The van der Waals surface area contributed by atoms with Crippen molar-refractivity contribution in [1.29, 1.82) is 0 Å². The van der Waals surface area contributed by atoms with E-state index in [0.29, 0.717) is 29.1 Å². The molecule has 2 heterocycles. The molecule has 2 aromatic heterocycles. The third-order valence-electron chi connectivity index (χ3n) is 11.2. The largest absolute Gasteiger partial charge is 0.352 e. The summed E-state index contributed by atoms with van der Waals surface area (Å²) in [4.78, 5) is 9.93. The predicted octanol–water partition coefficient (Wildman–Crippen LogP) is 14.0. The smallest absolute Gasteiger partial charge is 0.0937 e. The van der Waals surface area contributed by atoms with Crippen molar-refractivity contribution < 1.29 is 0 Å². The number of aromatic nitrogens is 2.